The molecule has 0 unspecified atom stereocenters. The van der Waals surface area contributed by atoms with E-state index < -0.39 is 0 Å². The largest absolute Gasteiger partial charge is 0.379 e. The first kappa shape index (κ1) is 19.7. The lowest BCUT2D eigenvalue weighted by Crippen LogP contribution is -2.52. The van der Waals surface area contributed by atoms with Crippen molar-refractivity contribution >= 4 is 45.0 Å². The van der Waals surface area contributed by atoms with Crippen LogP contribution in [0.15, 0.2) is 48.5 Å². The van der Waals surface area contributed by atoms with Crippen LogP contribution in [0.25, 0.3) is 0 Å². The molecule has 1 fully saturated rings. The van der Waals surface area contributed by atoms with Crippen LogP contribution < -0.4 is 15.2 Å². The second kappa shape index (κ2) is 8.10. The van der Waals surface area contributed by atoms with Gasteiger partial charge in [-0.1, -0.05) is 24.6 Å². The predicted molar refractivity (Wildman–Crippen MR) is 125 cm³/mol. The average molecular weight is 443 g/mol. The van der Waals surface area contributed by atoms with Gasteiger partial charge in [0.05, 0.1) is 11.4 Å². The van der Waals surface area contributed by atoms with Gasteiger partial charge in [-0.3, -0.25) is 5.01 Å². The van der Waals surface area contributed by atoms with E-state index >= 15 is 0 Å². The number of anilines is 4. The summed E-state index contributed by atoms with van der Waals surface area (Å²) in [5, 5.41) is 10.1. The summed E-state index contributed by atoms with van der Waals surface area (Å²) in [4.78, 5) is 3.74. The van der Waals surface area contributed by atoms with E-state index in [1.165, 1.54) is 15.4 Å². The lowest BCUT2D eigenvalue weighted by molar-refractivity contribution is 0.263. The standard InChI is InChI=1S/C23H24ClFN4S/c1-2-20-12-16-15-26-21-14-18(25)6-7-22(21)29(23(16)30-20)28-10-8-27(9-11-28)19-5-3-4-17(24)13-19/h3-7,12-14,26H,2,8-11,15H2,1H3. The number of nitrogens with zero attached hydrogens (tertiary/aromatic N) is 3. The summed E-state index contributed by atoms with van der Waals surface area (Å²) in [6.07, 6.45) is 1.02. The van der Waals surface area contributed by atoms with E-state index in [2.05, 4.69) is 39.3 Å². The number of benzene rings is 2. The van der Waals surface area contributed by atoms with E-state index in [-0.39, 0.29) is 5.82 Å². The van der Waals surface area contributed by atoms with Gasteiger partial charge in [-0.25, -0.2) is 9.40 Å². The monoisotopic (exact) mass is 442 g/mol. The Morgan fingerprint density at radius 2 is 1.90 bits per heavy atom. The molecule has 0 atom stereocenters. The second-order valence-electron chi connectivity index (χ2n) is 7.64. The van der Waals surface area contributed by atoms with E-state index in [0.717, 1.165) is 54.7 Å². The molecule has 4 nitrogen and oxygen atoms in total. The van der Waals surface area contributed by atoms with E-state index in [9.17, 15) is 4.39 Å². The van der Waals surface area contributed by atoms with Gasteiger partial charge in [0.25, 0.3) is 0 Å². The molecule has 0 spiro atoms. The maximum absolute atomic E-state index is 14.0. The zero-order valence-corrected chi connectivity index (χ0v) is 18.4. The van der Waals surface area contributed by atoms with Crippen molar-refractivity contribution in [3.63, 3.8) is 0 Å². The summed E-state index contributed by atoms with van der Waals surface area (Å²) >= 11 is 8.03. The van der Waals surface area contributed by atoms with Crippen LogP contribution in [-0.4, -0.2) is 31.2 Å². The smallest absolute Gasteiger partial charge is 0.125 e. The quantitative estimate of drug-likeness (QED) is 0.544. The lowest BCUT2D eigenvalue weighted by atomic mass is 10.2. The summed E-state index contributed by atoms with van der Waals surface area (Å²) in [6.45, 7) is 6.46. The molecular weight excluding hydrogens is 419 g/mol. The van der Waals surface area contributed by atoms with Gasteiger partial charge >= 0.3 is 0 Å². The van der Waals surface area contributed by atoms with E-state index in [0.29, 0.717) is 6.54 Å². The molecule has 5 rings (SSSR count). The van der Waals surface area contributed by atoms with E-state index in [4.69, 9.17) is 11.6 Å². The third-order valence-corrected chi connectivity index (χ3v) is 7.28. The van der Waals surface area contributed by atoms with Gasteiger partial charge in [0.15, 0.2) is 0 Å². The third-order valence-electron chi connectivity index (χ3n) is 5.75. The van der Waals surface area contributed by atoms with Crippen LogP contribution in [0.2, 0.25) is 5.02 Å². The molecule has 3 heterocycles. The molecule has 2 aliphatic rings. The van der Waals surface area contributed by atoms with E-state index in [1.54, 1.807) is 12.1 Å². The molecule has 3 aromatic rings. The highest BCUT2D eigenvalue weighted by Crippen LogP contribution is 2.44. The van der Waals surface area contributed by atoms with Crippen LogP contribution in [0, 0.1) is 5.82 Å². The Morgan fingerprint density at radius 1 is 1.07 bits per heavy atom. The molecule has 1 aromatic heterocycles. The van der Waals surface area contributed by atoms with Gasteiger partial charge in [0, 0.05) is 53.9 Å². The van der Waals surface area contributed by atoms with Crippen molar-refractivity contribution in [1.82, 2.24) is 5.01 Å². The molecule has 1 saturated heterocycles. The number of hydrogen-bond donors (Lipinski definition) is 1. The summed E-state index contributed by atoms with van der Waals surface area (Å²) in [7, 11) is 0. The number of aryl methyl sites for hydroxylation is 1. The van der Waals surface area contributed by atoms with Gasteiger partial charge in [0.1, 0.15) is 10.8 Å². The predicted octanol–water partition coefficient (Wildman–Crippen LogP) is 5.90. The molecule has 0 amide bonds. The van der Waals surface area contributed by atoms with Gasteiger partial charge in [0.2, 0.25) is 0 Å². The normalized spacial score (nSPS) is 16.6. The number of nitrogens with one attached hydrogen (secondary N) is 1. The van der Waals surface area contributed by atoms with Crippen molar-refractivity contribution in [2.24, 2.45) is 0 Å². The molecule has 7 heteroatoms. The summed E-state index contributed by atoms with van der Waals surface area (Å²) in [5.41, 5.74) is 4.28. The van der Waals surface area contributed by atoms with Crippen LogP contribution in [0.5, 0.6) is 0 Å². The first-order valence-electron chi connectivity index (χ1n) is 10.3. The maximum atomic E-state index is 14.0. The van der Waals surface area contributed by atoms with Gasteiger partial charge < -0.3 is 10.2 Å². The highest BCUT2D eigenvalue weighted by atomic mass is 35.5. The molecule has 156 valence electrons. The van der Waals surface area contributed by atoms with Crippen molar-refractivity contribution in [3.05, 3.63) is 69.8 Å². The molecule has 0 aliphatic carbocycles. The average Bonchev–Trinajstić information content (AvgIpc) is 3.11. The number of piperazine rings is 1. The molecule has 1 N–H and O–H groups in total. The first-order chi connectivity index (χ1) is 14.6. The molecule has 2 aliphatic heterocycles. The zero-order chi connectivity index (χ0) is 20.7. The van der Waals surface area contributed by atoms with Crippen LogP contribution >= 0.6 is 22.9 Å². The molecular formula is C23H24ClFN4S. The van der Waals surface area contributed by atoms with Crippen LogP contribution in [0.4, 0.5) is 26.5 Å². The Kier molecular flexibility index (Phi) is 5.31. The van der Waals surface area contributed by atoms with Crippen molar-refractivity contribution in [2.75, 3.05) is 41.4 Å². The Balaban J connectivity index is 1.47. The van der Waals surface area contributed by atoms with E-state index in [1.807, 2.05) is 35.6 Å². The Hall–Kier alpha value is -2.28. The fraction of sp³-hybridized carbons (Fsp3) is 0.304. The van der Waals surface area contributed by atoms with Gasteiger partial charge in [-0.2, -0.15) is 0 Å². The Bertz CT molecular complexity index is 1060. The minimum atomic E-state index is -0.216. The SMILES string of the molecule is CCc1cc2c(s1)N(N1CCN(c3cccc(Cl)c3)CC1)c1ccc(F)cc1NC2. The minimum absolute atomic E-state index is 0.216. The number of rotatable bonds is 3. The minimum Gasteiger partial charge on any atom is -0.379 e. The van der Waals surface area contributed by atoms with Crippen molar-refractivity contribution in [2.45, 2.75) is 19.9 Å². The number of fused-ring (bicyclic) bond motifs is 2. The van der Waals surface area contributed by atoms with Crippen LogP contribution in [0.1, 0.15) is 17.4 Å². The van der Waals surface area contributed by atoms with Crippen LogP contribution in [-0.2, 0) is 13.0 Å². The fourth-order valence-electron chi connectivity index (χ4n) is 4.20. The zero-order valence-electron chi connectivity index (χ0n) is 16.9. The molecule has 0 saturated carbocycles. The first-order valence-corrected chi connectivity index (χ1v) is 11.5. The molecule has 0 bridgehead atoms. The lowest BCUT2D eigenvalue weighted by Gasteiger charge is -2.42. The fourth-order valence-corrected chi connectivity index (χ4v) is 5.54. The number of hydrogen-bond acceptors (Lipinski definition) is 5. The number of hydrazine groups is 1. The second-order valence-corrected chi connectivity index (χ2v) is 9.20. The van der Waals surface area contributed by atoms with Crippen LogP contribution in [0.3, 0.4) is 0 Å². The molecule has 30 heavy (non-hydrogen) atoms. The van der Waals surface area contributed by atoms with Crippen molar-refractivity contribution in [3.8, 4) is 0 Å². The molecule has 0 radical (unpaired) electrons. The Labute approximate surface area is 185 Å². The van der Waals surface area contributed by atoms with Crippen molar-refractivity contribution in [1.29, 1.82) is 0 Å². The summed E-state index contributed by atoms with van der Waals surface area (Å²) < 4.78 is 14.0. The topological polar surface area (TPSA) is 21.8 Å². The van der Waals surface area contributed by atoms with Gasteiger partial charge in [-0.05, 0) is 48.9 Å². The summed E-state index contributed by atoms with van der Waals surface area (Å²) in [6, 6.07) is 15.4. The molecule has 2 aromatic carbocycles. The highest BCUT2D eigenvalue weighted by molar-refractivity contribution is 7.16. The Morgan fingerprint density at radius 3 is 2.67 bits per heavy atom. The summed E-state index contributed by atoms with van der Waals surface area (Å²) in [5.74, 6) is -0.216. The number of halogens is 2. The van der Waals surface area contributed by atoms with Crippen molar-refractivity contribution < 1.29 is 4.39 Å². The third kappa shape index (κ3) is 3.64. The highest BCUT2D eigenvalue weighted by Gasteiger charge is 2.30. The number of thiophene rings is 1. The maximum Gasteiger partial charge on any atom is 0.125 e. The van der Waals surface area contributed by atoms with Gasteiger partial charge in [-0.15, -0.1) is 11.3 Å².